The van der Waals surface area contributed by atoms with Gasteiger partial charge in [-0.25, -0.2) is 0 Å². The Hall–Kier alpha value is -0.570. The lowest BCUT2D eigenvalue weighted by Crippen LogP contribution is -2.48. The monoisotopic (exact) mass is 266 g/mol. The van der Waals surface area contributed by atoms with Gasteiger partial charge in [-0.15, -0.1) is 0 Å². The van der Waals surface area contributed by atoms with Gasteiger partial charge in [-0.05, 0) is 43.1 Å². The van der Waals surface area contributed by atoms with Crippen LogP contribution in [-0.2, 0) is 4.79 Å². The van der Waals surface area contributed by atoms with Gasteiger partial charge in [-0.3, -0.25) is 4.79 Å². The Morgan fingerprint density at radius 3 is 2.63 bits per heavy atom. The second-order valence-corrected chi connectivity index (χ2v) is 7.60. The van der Waals surface area contributed by atoms with Crippen molar-refractivity contribution < 1.29 is 4.79 Å². The standard InChI is InChI=1S/C16H30N2O/c1-15(2)8-5-4-7-13(15)14(19)18-12-16(3)9-6-10-17-11-16/h13,17H,4-12H2,1-3H3,(H,18,19). The molecule has 3 heteroatoms. The highest BCUT2D eigenvalue weighted by Crippen LogP contribution is 2.40. The van der Waals surface area contributed by atoms with E-state index in [1.165, 1.54) is 32.1 Å². The summed E-state index contributed by atoms with van der Waals surface area (Å²) >= 11 is 0. The van der Waals surface area contributed by atoms with E-state index in [9.17, 15) is 4.79 Å². The fourth-order valence-electron chi connectivity index (χ4n) is 3.67. The SMILES string of the molecule is CC1(CNC(=O)C2CCCCC2(C)C)CCCNC1. The molecule has 1 saturated carbocycles. The number of carbonyl (C=O) groups excluding carboxylic acids is 1. The Labute approximate surface area is 117 Å². The number of rotatable bonds is 3. The van der Waals surface area contributed by atoms with E-state index in [1.807, 2.05) is 0 Å². The van der Waals surface area contributed by atoms with Gasteiger partial charge in [-0.2, -0.15) is 0 Å². The second kappa shape index (κ2) is 5.82. The van der Waals surface area contributed by atoms with E-state index in [2.05, 4.69) is 31.4 Å². The Morgan fingerprint density at radius 1 is 1.21 bits per heavy atom. The van der Waals surface area contributed by atoms with Gasteiger partial charge in [0.05, 0.1) is 0 Å². The van der Waals surface area contributed by atoms with Gasteiger partial charge in [0, 0.05) is 19.0 Å². The van der Waals surface area contributed by atoms with Crippen molar-refractivity contribution in [2.75, 3.05) is 19.6 Å². The summed E-state index contributed by atoms with van der Waals surface area (Å²) in [5.74, 6) is 0.498. The minimum atomic E-state index is 0.175. The molecule has 1 heterocycles. The molecule has 0 bridgehead atoms. The summed E-state index contributed by atoms with van der Waals surface area (Å²) in [6, 6.07) is 0. The predicted octanol–water partition coefficient (Wildman–Crippen LogP) is 2.71. The largest absolute Gasteiger partial charge is 0.355 e. The fraction of sp³-hybridized carbons (Fsp3) is 0.938. The molecule has 0 aromatic heterocycles. The molecule has 0 radical (unpaired) electrons. The van der Waals surface area contributed by atoms with Gasteiger partial charge in [-0.1, -0.05) is 33.6 Å². The molecular formula is C16H30N2O. The van der Waals surface area contributed by atoms with Crippen LogP contribution >= 0.6 is 0 Å². The van der Waals surface area contributed by atoms with Crippen LogP contribution in [0.25, 0.3) is 0 Å². The molecule has 1 amide bonds. The molecule has 1 saturated heterocycles. The van der Waals surface area contributed by atoms with Crippen LogP contribution in [-0.4, -0.2) is 25.5 Å². The zero-order chi connectivity index (χ0) is 13.9. The zero-order valence-electron chi connectivity index (χ0n) is 12.8. The van der Waals surface area contributed by atoms with Crippen LogP contribution in [0.2, 0.25) is 0 Å². The number of carbonyl (C=O) groups is 1. The Kier molecular flexibility index (Phi) is 4.54. The summed E-state index contributed by atoms with van der Waals surface area (Å²) < 4.78 is 0. The third-order valence-corrected chi connectivity index (χ3v) is 5.20. The normalized spacial score (nSPS) is 34.8. The van der Waals surface area contributed by atoms with E-state index >= 15 is 0 Å². The maximum Gasteiger partial charge on any atom is 0.223 e. The first-order valence-electron chi connectivity index (χ1n) is 7.91. The topological polar surface area (TPSA) is 41.1 Å². The van der Waals surface area contributed by atoms with Crippen LogP contribution in [0, 0.1) is 16.7 Å². The molecular weight excluding hydrogens is 236 g/mol. The average Bonchev–Trinajstić information content (AvgIpc) is 2.36. The Bertz CT molecular complexity index is 319. The lowest BCUT2D eigenvalue weighted by Gasteiger charge is -2.39. The highest BCUT2D eigenvalue weighted by molar-refractivity contribution is 5.79. The molecule has 110 valence electrons. The van der Waals surface area contributed by atoms with E-state index in [0.717, 1.165) is 26.1 Å². The average molecular weight is 266 g/mol. The van der Waals surface area contributed by atoms with Crippen LogP contribution in [0.1, 0.15) is 59.3 Å². The summed E-state index contributed by atoms with van der Waals surface area (Å²) in [6.07, 6.45) is 7.17. The molecule has 1 aliphatic carbocycles. The first-order chi connectivity index (χ1) is 8.93. The van der Waals surface area contributed by atoms with Gasteiger partial charge in [0.2, 0.25) is 5.91 Å². The number of hydrogen-bond donors (Lipinski definition) is 2. The van der Waals surface area contributed by atoms with Crippen LogP contribution in [0.4, 0.5) is 0 Å². The third-order valence-electron chi connectivity index (χ3n) is 5.20. The maximum atomic E-state index is 12.5. The predicted molar refractivity (Wildman–Crippen MR) is 79.0 cm³/mol. The van der Waals surface area contributed by atoms with Gasteiger partial charge in [0.25, 0.3) is 0 Å². The molecule has 2 rings (SSSR count). The minimum Gasteiger partial charge on any atom is -0.355 e. The van der Waals surface area contributed by atoms with Crippen molar-refractivity contribution in [2.45, 2.75) is 59.3 Å². The first-order valence-corrected chi connectivity index (χ1v) is 7.91. The van der Waals surface area contributed by atoms with Crippen LogP contribution < -0.4 is 10.6 Å². The molecule has 1 aliphatic heterocycles. The Morgan fingerprint density at radius 2 is 2.00 bits per heavy atom. The van der Waals surface area contributed by atoms with E-state index in [4.69, 9.17) is 0 Å². The molecule has 2 aliphatic rings. The van der Waals surface area contributed by atoms with Gasteiger partial charge in [0.1, 0.15) is 0 Å². The number of amides is 1. The summed E-state index contributed by atoms with van der Waals surface area (Å²) in [7, 11) is 0. The lowest BCUT2D eigenvalue weighted by atomic mass is 9.68. The molecule has 19 heavy (non-hydrogen) atoms. The number of hydrogen-bond acceptors (Lipinski definition) is 2. The minimum absolute atomic E-state index is 0.175. The van der Waals surface area contributed by atoms with Gasteiger partial charge >= 0.3 is 0 Å². The number of piperidine rings is 1. The van der Waals surface area contributed by atoms with Crippen LogP contribution in [0.3, 0.4) is 0 Å². The fourth-order valence-corrected chi connectivity index (χ4v) is 3.67. The van der Waals surface area contributed by atoms with Crippen molar-refractivity contribution in [1.82, 2.24) is 10.6 Å². The quantitative estimate of drug-likeness (QED) is 0.824. The van der Waals surface area contributed by atoms with Crippen molar-refractivity contribution >= 4 is 5.91 Å². The van der Waals surface area contributed by atoms with E-state index < -0.39 is 0 Å². The van der Waals surface area contributed by atoms with Crippen molar-refractivity contribution in [2.24, 2.45) is 16.7 Å². The lowest BCUT2D eigenvalue weighted by molar-refractivity contribution is -0.130. The molecule has 2 unspecified atom stereocenters. The highest BCUT2D eigenvalue weighted by Gasteiger charge is 2.37. The maximum absolute atomic E-state index is 12.5. The molecule has 0 aromatic carbocycles. The second-order valence-electron chi connectivity index (χ2n) is 7.60. The van der Waals surface area contributed by atoms with Crippen molar-refractivity contribution in [3.63, 3.8) is 0 Å². The third kappa shape index (κ3) is 3.71. The molecule has 0 aromatic rings. The molecule has 3 nitrogen and oxygen atoms in total. The van der Waals surface area contributed by atoms with E-state index in [1.54, 1.807) is 0 Å². The molecule has 2 N–H and O–H groups in total. The van der Waals surface area contributed by atoms with Crippen LogP contribution in [0.15, 0.2) is 0 Å². The zero-order valence-corrected chi connectivity index (χ0v) is 12.8. The summed E-state index contributed by atoms with van der Waals surface area (Å²) in [4.78, 5) is 12.5. The summed E-state index contributed by atoms with van der Waals surface area (Å²) in [5.41, 5.74) is 0.417. The van der Waals surface area contributed by atoms with Gasteiger partial charge in [0.15, 0.2) is 0 Å². The molecule has 2 fully saturated rings. The smallest absolute Gasteiger partial charge is 0.223 e. The summed E-state index contributed by atoms with van der Waals surface area (Å²) in [5, 5.41) is 6.68. The van der Waals surface area contributed by atoms with E-state index in [-0.39, 0.29) is 22.7 Å². The van der Waals surface area contributed by atoms with Gasteiger partial charge < -0.3 is 10.6 Å². The van der Waals surface area contributed by atoms with Crippen molar-refractivity contribution in [1.29, 1.82) is 0 Å². The number of nitrogens with one attached hydrogen (secondary N) is 2. The van der Waals surface area contributed by atoms with Crippen molar-refractivity contribution in [3.8, 4) is 0 Å². The highest BCUT2D eigenvalue weighted by atomic mass is 16.1. The molecule has 2 atom stereocenters. The van der Waals surface area contributed by atoms with Crippen molar-refractivity contribution in [3.05, 3.63) is 0 Å². The summed E-state index contributed by atoms with van der Waals surface area (Å²) in [6.45, 7) is 9.76. The van der Waals surface area contributed by atoms with E-state index in [0.29, 0.717) is 0 Å². The first kappa shape index (κ1) is 14.8. The van der Waals surface area contributed by atoms with Crippen LogP contribution in [0.5, 0.6) is 0 Å². The molecule has 0 spiro atoms. The Balaban J connectivity index is 1.86.